The van der Waals surface area contributed by atoms with Crippen LogP contribution in [0.5, 0.6) is 17.2 Å². The molecular weight excluding hydrogens is 575 g/mol. The van der Waals surface area contributed by atoms with Crippen molar-refractivity contribution in [3.05, 3.63) is 137 Å². The van der Waals surface area contributed by atoms with Gasteiger partial charge in [0.1, 0.15) is 23.1 Å². The first kappa shape index (κ1) is 27.2. The van der Waals surface area contributed by atoms with Gasteiger partial charge in [0.2, 0.25) is 0 Å². The molecule has 1 aliphatic heterocycles. The summed E-state index contributed by atoms with van der Waals surface area (Å²) in [7, 11) is -4.14. The molecule has 9 heteroatoms. The largest absolute Gasteiger partial charge is 0.564 e. The molecule has 5 aromatic rings. The van der Waals surface area contributed by atoms with Crippen molar-refractivity contribution < 1.29 is 18.7 Å². The smallest absolute Gasteiger partial charge is 0.508 e. The van der Waals surface area contributed by atoms with Crippen LogP contribution in [0.25, 0.3) is 10.1 Å². The molecule has 6 rings (SSSR count). The molecule has 0 fully saturated rings. The summed E-state index contributed by atoms with van der Waals surface area (Å²) in [5, 5.41) is 12.0. The second-order valence-electron chi connectivity index (χ2n) is 9.50. The lowest BCUT2D eigenvalue weighted by Gasteiger charge is -2.38. The van der Waals surface area contributed by atoms with Gasteiger partial charge < -0.3 is 19.1 Å². The zero-order chi connectivity index (χ0) is 28.4. The average molecular weight is 601 g/mol. The molecule has 4 aromatic carbocycles. The van der Waals surface area contributed by atoms with Gasteiger partial charge in [0.15, 0.2) is 0 Å². The zero-order valence-electron chi connectivity index (χ0n) is 21.9. The summed E-state index contributed by atoms with van der Waals surface area (Å²) < 4.78 is 32.2. The van der Waals surface area contributed by atoms with E-state index in [0.29, 0.717) is 35.3 Å². The third-order valence-electron chi connectivity index (χ3n) is 6.77. The molecule has 0 saturated heterocycles. The van der Waals surface area contributed by atoms with Crippen LogP contribution in [-0.2, 0) is 17.5 Å². The maximum absolute atomic E-state index is 14.4. The highest BCUT2D eigenvalue weighted by atomic mass is 35.5. The molecule has 1 aliphatic rings. The van der Waals surface area contributed by atoms with Gasteiger partial charge in [-0.2, -0.15) is 0 Å². The summed E-state index contributed by atoms with van der Waals surface area (Å²) in [4.78, 5) is 2.93. The number of thiophene rings is 1. The Morgan fingerprint density at radius 3 is 2.24 bits per heavy atom. The Labute approximate surface area is 247 Å². The van der Waals surface area contributed by atoms with E-state index in [9.17, 15) is 9.67 Å². The number of nitrogens with zero attached hydrogens (tertiary/aromatic N) is 2. The predicted molar refractivity (Wildman–Crippen MR) is 166 cm³/mol. The minimum atomic E-state index is -4.14. The maximum Gasteiger partial charge on any atom is 0.564 e. The van der Waals surface area contributed by atoms with E-state index in [-0.39, 0.29) is 11.8 Å². The Bertz CT molecular complexity index is 1750. The molecule has 1 N–H and O–H groups in total. The summed E-state index contributed by atoms with van der Waals surface area (Å²) in [5.74, 6) is 1.39. The van der Waals surface area contributed by atoms with E-state index >= 15 is 0 Å². The summed E-state index contributed by atoms with van der Waals surface area (Å²) in [6.45, 7) is 4.47. The SMILES string of the molecule is C=CC1c2cc(O)ccc2C/C(=N/P(=O)(Oc2ccccc2)Oc2ccccc2)N1Cc1sc2ccccc2c1Cl. The van der Waals surface area contributed by atoms with Crippen molar-refractivity contribution >= 4 is 46.6 Å². The number of amidine groups is 1. The van der Waals surface area contributed by atoms with E-state index in [1.165, 1.54) is 0 Å². The standard InChI is InChI=1S/C32H26ClN2O4PS/c1-2-28-27-20-23(36)18-17-22(27)19-31(35(28)21-30-32(33)26-15-9-10-16-29(26)41-30)34-40(37,38-24-11-5-3-6-12-24)39-25-13-7-4-8-14-25/h2-18,20,28,36H,1,19,21H2/b34-31-. The van der Waals surface area contributed by atoms with Crippen molar-refractivity contribution in [1.29, 1.82) is 0 Å². The number of aromatic hydroxyl groups is 1. The fraction of sp³-hybridized carbons (Fsp3) is 0.0938. The van der Waals surface area contributed by atoms with Gasteiger partial charge in [0.25, 0.3) is 0 Å². The third-order valence-corrected chi connectivity index (χ3v) is 9.83. The molecule has 1 aromatic heterocycles. The van der Waals surface area contributed by atoms with Gasteiger partial charge >= 0.3 is 7.75 Å². The summed E-state index contributed by atoms with van der Waals surface area (Å²) in [6.07, 6.45) is 2.12. The van der Waals surface area contributed by atoms with Gasteiger partial charge in [-0.3, -0.25) is 0 Å². The molecule has 0 spiro atoms. The number of para-hydroxylation sites is 2. The van der Waals surface area contributed by atoms with Crippen LogP contribution in [0.15, 0.2) is 121 Å². The molecule has 0 radical (unpaired) electrons. The Morgan fingerprint density at radius 1 is 0.976 bits per heavy atom. The fourth-order valence-corrected chi connectivity index (χ4v) is 7.76. The number of rotatable bonds is 8. The lowest BCUT2D eigenvalue weighted by atomic mass is 9.91. The molecule has 41 heavy (non-hydrogen) atoms. The lowest BCUT2D eigenvalue weighted by molar-refractivity contribution is 0.340. The van der Waals surface area contributed by atoms with Gasteiger partial charge in [-0.25, -0.2) is 4.57 Å². The van der Waals surface area contributed by atoms with E-state index < -0.39 is 7.75 Å². The second-order valence-corrected chi connectivity index (χ2v) is 12.5. The number of hydrogen-bond acceptors (Lipinski definition) is 5. The Kier molecular flexibility index (Phi) is 7.59. The minimum Gasteiger partial charge on any atom is -0.508 e. The predicted octanol–water partition coefficient (Wildman–Crippen LogP) is 9.21. The zero-order valence-corrected chi connectivity index (χ0v) is 24.4. The van der Waals surface area contributed by atoms with Crippen LogP contribution in [0.4, 0.5) is 0 Å². The van der Waals surface area contributed by atoms with Crippen molar-refractivity contribution in [1.82, 2.24) is 4.90 Å². The van der Waals surface area contributed by atoms with Crippen LogP contribution in [0.2, 0.25) is 5.02 Å². The fourth-order valence-electron chi connectivity index (χ4n) is 4.91. The average Bonchev–Trinajstić information content (AvgIpc) is 3.29. The molecule has 206 valence electrons. The summed E-state index contributed by atoms with van der Waals surface area (Å²) in [6, 6.07) is 30.5. The molecule has 1 atom stereocenters. The van der Waals surface area contributed by atoms with Gasteiger partial charge in [0.05, 0.1) is 17.6 Å². The monoisotopic (exact) mass is 600 g/mol. The Balaban J connectivity index is 1.48. The maximum atomic E-state index is 14.4. The molecule has 0 amide bonds. The van der Waals surface area contributed by atoms with Gasteiger partial charge in [-0.05, 0) is 53.6 Å². The second kappa shape index (κ2) is 11.5. The van der Waals surface area contributed by atoms with Crippen LogP contribution < -0.4 is 9.05 Å². The van der Waals surface area contributed by atoms with E-state index in [0.717, 1.165) is 26.1 Å². The van der Waals surface area contributed by atoms with Crippen molar-refractivity contribution in [3.63, 3.8) is 0 Å². The number of fused-ring (bicyclic) bond motifs is 2. The third kappa shape index (κ3) is 5.75. The molecule has 6 nitrogen and oxygen atoms in total. The van der Waals surface area contributed by atoms with Crippen molar-refractivity contribution in [2.45, 2.75) is 19.0 Å². The quantitative estimate of drug-likeness (QED) is 0.142. The molecular formula is C32H26ClN2O4PS. The number of halogens is 1. The van der Waals surface area contributed by atoms with E-state index in [2.05, 4.69) is 6.58 Å². The molecule has 0 aliphatic carbocycles. The highest BCUT2D eigenvalue weighted by Gasteiger charge is 2.36. The first-order valence-electron chi connectivity index (χ1n) is 13.0. The molecule has 2 heterocycles. The summed E-state index contributed by atoms with van der Waals surface area (Å²) in [5.41, 5.74) is 1.81. The Morgan fingerprint density at radius 2 is 1.61 bits per heavy atom. The van der Waals surface area contributed by atoms with Crippen LogP contribution in [0.3, 0.4) is 0 Å². The number of benzene rings is 4. The van der Waals surface area contributed by atoms with Crippen LogP contribution in [-0.4, -0.2) is 15.8 Å². The molecule has 1 unspecified atom stereocenters. The number of phenolic OH excluding ortho intramolecular Hbond substituents is 1. The van der Waals surface area contributed by atoms with Crippen LogP contribution in [0, 0.1) is 0 Å². The number of hydrogen-bond donors (Lipinski definition) is 1. The van der Waals surface area contributed by atoms with Gasteiger partial charge in [-0.15, -0.1) is 22.7 Å². The van der Waals surface area contributed by atoms with Crippen molar-refractivity contribution in [2.24, 2.45) is 4.76 Å². The highest BCUT2D eigenvalue weighted by Crippen LogP contribution is 2.51. The minimum absolute atomic E-state index is 0.154. The normalized spacial score (nSPS) is 16.0. The summed E-state index contributed by atoms with van der Waals surface area (Å²) >= 11 is 8.46. The van der Waals surface area contributed by atoms with Crippen molar-refractivity contribution in [3.8, 4) is 17.2 Å². The van der Waals surface area contributed by atoms with E-state index in [1.807, 2.05) is 47.4 Å². The number of phenols is 1. The van der Waals surface area contributed by atoms with Crippen molar-refractivity contribution in [2.75, 3.05) is 0 Å². The van der Waals surface area contributed by atoms with Gasteiger partial charge in [0, 0.05) is 21.4 Å². The van der Waals surface area contributed by atoms with E-state index in [1.54, 1.807) is 78.1 Å². The highest BCUT2D eigenvalue weighted by molar-refractivity contribution is 7.53. The topological polar surface area (TPSA) is 71.4 Å². The van der Waals surface area contributed by atoms with Gasteiger partial charge in [-0.1, -0.05) is 78.3 Å². The van der Waals surface area contributed by atoms with E-state index in [4.69, 9.17) is 25.4 Å². The lowest BCUT2D eigenvalue weighted by Crippen LogP contribution is -2.39. The first-order chi connectivity index (χ1) is 19.9. The first-order valence-corrected chi connectivity index (χ1v) is 15.7. The molecule has 0 bridgehead atoms. The van der Waals surface area contributed by atoms with Crippen LogP contribution >= 0.6 is 30.7 Å². The Hall–Kier alpha value is -4.03. The molecule has 0 saturated carbocycles. The van der Waals surface area contributed by atoms with Crippen LogP contribution in [0.1, 0.15) is 22.0 Å².